The molecule has 2 heterocycles. The quantitative estimate of drug-likeness (QED) is 0.772. The monoisotopic (exact) mass is 223 g/mol. The summed E-state index contributed by atoms with van der Waals surface area (Å²) < 4.78 is 3.97. The van der Waals surface area contributed by atoms with E-state index in [0.29, 0.717) is 17.4 Å². The van der Waals surface area contributed by atoms with Gasteiger partial charge in [-0.3, -0.25) is 0 Å². The molecule has 1 aliphatic heterocycles. The molecule has 80 valence electrons. The molecule has 0 amide bonds. The van der Waals surface area contributed by atoms with Crippen molar-refractivity contribution in [1.29, 1.82) is 5.26 Å². The lowest BCUT2D eigenvalue weighted by atomic mass is 10.2. The van der Waals surface area contributed by atoms with Crippen LogP contribution in [0.15, 0.2) is 0 Å². The van der Waals surface area contributed by atoms with Crippen LogP contribution in [0.3, 0.4) is 0 Å². The Hall–Kier alpha value is -1.32. The second-order valence-electron chi connectivity index (χ2n) is 3.78. The SMILES string of the molecule is CN1CCC(Nc2snc(N)c2C#N)C1. The van der Waals surface area contributed by atoms with Crippen LogP contribution in [0.2, 0.25) is 0 Å². The van der Waals surface area contributed by atoms with Gasteiger partial charge < -0.3 is 16.0 Å². The fourth-order valence-electron chi connectivity index (χ4n) is 1.75. The maximum Gasteiger partial charge on any atom is 0.157 e. The van der Waals surface area contributed by atoms with Crippen molar-refractivity contribution in [2.75, 3.05) is 31.2 Å². The molecule has 0 spiro atoms. The minimum atomic E-state index is 0.330. The first-order chi connectivity index (χ1) is 7.20. The van der Waals surface area contributed by atoms with Crippen molar-refractivity contribution in [2.24, 2.45) is 0 Å². The molecule has 1 aliphatic rings. The highest BCUT2D eigenvalue weighted by Crippen LogP contribution is 2.27. The number of nitriles is 1. The first-order valence-electron chi connectivity index (χ1n) is 4.81. The summed E-state index contributed by atoms with van der Waals surface area (Å²) in [5.74, 6) is 0.330. The molecule has 1 fully saturated rings. The van der Waals surface area contributed by atoms with E-state index in [1.54, 1.807) is 0 Å². The maximum absolute atomic E-state index is 8.90. The van der Waals surface area contributed by atoms with Crippen LogP contribution in [0, 0.1) is 11.3 Å². The molecule has 1 saturated heterocycles. The maximum atomic E-state index is 8.90. The van der Waals surface area contributed by atoms with Crippen LogP contribution in [0.4, 0.5) is 10.8 Å². The molecular weight excluding hydrogens is 210 g/mol. The number of aromatic nitrogens is 1. The second-order valence-corrected chi connectivity index (χ2v) is 4.55. The molecule has 1 aromatic heterocycles. The van der Waals surface area contributed by atoms with E-state index in [9.17, 15) is 0 Å². The number of rotatable bonds is 2. The van der Waals surface area contributed by atoms with Crippen LogP contribution in [0.5, 0.6) is 0 Å². The summed E-state index contributed by atoms with van der Waals surface area (Å²) in [4.78, 5) is 2.26. The summed E-state index contributed by atoms with van der Waals surface area (Å²) in [5.41, 5.74) is 6.06. The number of hydrogen-bond donors (Lipinski definition) is 2. The third-order valence-electron chi connectivity index (χ3n) is 2.56. The molecule has 5 nitrogen and oxygen atoms in total. The third kappa shape index (κ3) is 2.03. The predicted molar refractivity (Wildman–Crippen MR) is 60.8 cm³/mol. The Bertz CT molecular complexity index is 394. The van der Waals surface area contributed by atoms with Gasteiger partial charge >= 0.3 is 0 Å². The molecule has 1 atom stereocenters. The summed E-state index contributed by atoms with van der Waals surface area (Å²) in [6.45, 7) is 2.09. The first kappa shape index (κ1) is 10.2. The number of nitrogen functional groups attached to an aromatic ring is 1. The van der Waals surface area contributed by atoms with E-state index in [-0.39, 0.29) is 0 Å². The number of likely N-dealkylation sites (N-methyl/N-ethyl adjacent to an activating group) is 1. The summed E-state index contributed by atoms with van der Waals surface area (Å²) in [6, 6.07) is 2.48. The van der Waals surface area contributed by atoms with Crippen LogP contribution in [-0.2, 0) is 0 Å². The van der Waals surface area contributed by atoms with Gasteiger partial charge in [0.1, 0.15) is 16.6 Å². The number of hydrogen-bond acceptors (Lipinski definition) is 6. The summed E-state index contributed by atoms with van der Waals surface area (Å²) in [5, 5.41) is 13.0. The lowest BCUT2D eigenvalue weighted by Gasteiger charge is -2.12. The van der Waals surface area contributed by atoms with E-state index >= 15 is 0 Å². The Morgan fingerprint density at radius 1 is 1.73 bits per heavy atom. The van der Waals surface area contributed by atoms with Crippen molar-refractivity contribution < 1.29 is 0 Å². The number of anilines is 2. The number of nitrogens with two attached hydrogens (primary N) is 1. The highest BCUT2D eigenvalue weighted by molar-refractivity contribution is 7.10. The van der Waals surface area contributed by atoms with Crippen molar-refractivity contribution in [3.05, 3.63) is 5.56 Å². The smallest absolute Gasteiger partial charge is 0.157 e. The average Bonchev–Trinajstić information content (AvgIpc) is 2.75. The molecule has 1 aromatic rings. The molecule has 0 saturated carbocycles. The van der Waals surface area contributed by atoms with E-state index in [2.05, 4.69) is 27.7 Å². The second kappa shape index (κ2) is 4.04. The molecule has 0 aromatic carbocycles. The molecule has 2 rings (SSSR count). The molecule has 1 unspecified atom stereocenters. The lowest BCUT2D eigenvalue weighted by molar-refractivity contribution is 0.414. The fourth-order valence-corrected chi connectivity index (χ4v) is 2.49. The predicted octanol–water partition coefficient (Wildman–Crippen LogP) is 0.713. The molecular formula is C9H13N5S. The molecule has 0 radical (unpaired) electrons. The van der Waals surface area contributed by atoms with Gasteiger partial charge in [0.2, 0.25) is 0 Å². The summed E-state index contributed by atoms with van der Waals surface area (Å²) in [6.07, 6.45) is 1.10. The van der Waals surface area contributed by atoms with E-state index in [4.69, 9.17) is 11.0 Å². The van der Waals surface area contributed by atoms with Crippen LogP contribution in [0.1, 0.15) is 12.0 Å². The molecule has 0 aliphatic carbocycles. The molecule has 3 N–H and O–H groups in total. The standard InChI is InChI=1S/C9H13N5S/c1-14-3-2-6(5-14)12-9-7(4-10)8(11)13-15-9/h6,12H,2-3,5H2,1H3,(H2,11,13). The van der Waals surface area contributed by atoms with Gasteiger partial charge in [0, 0.05) is 12.6 Å². The van der Waals surface area contributed by atoms with Gasteiger partial charge in [-0.1, -0.05) is 0 Å². The zero-order chi connectivity index (χ0) is 10.8. The third-order valence-corrected chi connectivity index (χ3v) is 3.35. The summed E-state index contributed by atoms with van der Waals surface area (Å²) >= 11 is 1.26. The zero-order valence-corrected chi connectivity index (χ0v) is 9.34. The van der Waals surface area contributed by atoms with Gasteiger partial charge in [0.15, 0.2) is 5.82 Å². The largest absolute Gasteiger partial charge is 0.382 e. The number of likely N-dealkylation sites (tertiary alicyclic amines) is 1. The van der Waals surface area contributed by atoms with E-state index in [1.807, 2.05) is 0 Å². The topological polar surface area (TPSA) is 78.0 Å². The zero-order valence-electron chi connectivity index (χ0n) is 8.53. The van der Waals surface area contributed by atoms with Crippen LogP contribution in [-0.4, -0.2) is 35.5 Å². The van der Waals surface area contributed by atoms with Crippen LogP contribution in [0.25, 0.3) is 0 Å². The van der Waals surface area contributed by atoms with Gasteiger partial charge in [-0.25, -0.2) is 0 Å². The van der Waals surface area contributed by atoms with Gasteiger partial charge in [-0.2, -0.15) is 9.64 Å². The lowest BCUT2D eigenvalue weighted by Crippen LogP contribution is -2.23. The van der Waals surface area contributed by atoms with Crippen molar-refractivity contribution in [2.45, 2.75) is 12.5 Å². The number of nitrogens with one attached hydrogen (secondary N) is 1. The molecule has 15 heavy (non-hydrogen) atoms. The highest BCUT2D eigenvalue weighted by atomic mass is 32.1. The van der Waals surface area contributed by atoms with E-state index < -0.39 is 0 Å². The van der Waals surface area contributed by atoms with Crippen molar-refractivity contribution in [3.8, 4) is 6.07 Å². The fraction of sp³-hybridized carbons (Fsp3) is 0.556. The van der Waals surface area contributed by atoms with E-state index in [1.165, 1.54) is 11.5 Å². The van der Waals surface area contributed by atoms with Gasteiger partial charge in [0.05, 0.1) is 0 Å². The molecule has 0 bridgehead atoms. The van der Waals surface area contributed by atoms with Crippen molar-refractivity contribution >= 4 is 22.4 Å². The Morgan fingerprint density at radius 2 is 2.53 bits per heavy atom. The van der Waals surface area contributed by atoms with Crippen molar-refractivity contribution in [3.63, 3.8) is 0 Å². The van der Waals surface area contributed by atoms with Gasteiger partial charge in [-0.05, 0) is 31.5 Å². The van der Waals surface area contributed by atoms with Crippen LogP contribution < -0.4 is 11.1 Å². The average molecular weight is 223 g/mol. The number of nitrogens with zero attached hydrogens (tertiary/aromatic N) is 3. The van der Waals surface area contributed by atoms with E-state index in [0.717, 1.165) is 24.5 Å². The Kier molecular flexibility index (Phi) is 2.75. The van der Waals surface area contributed by atoms with Crippen molar-refractivity contribution in [1.82, 2.24) is 9.27 Å². The Labute approximate surface area is 92.7 Å². The highest BCUT2D eigenvalue weighted by Gasteiger charge is 2.21. The summed E-state index contributed by atoms with van der Waals surface area (Å²) in [7, 11) is 2.09. The minimum Gasteiger partial charge on any atom is -0.382 e. The van der Waals surface area contributed by atoms with Gasteiger partial charge in [-0.15, -0.1) is 0 Å². The Morgan fingerprint density at radius 3 is 3.13 bits per heavy atom. The Balaban J connectivity index is 2.08. The normalized spacial score (nSPS) is 21.5. The first-order valence-corrected chi connectivity index (χ1v) is 5.58. The molecule has 6 heteroatoms. The minimum absolute atomic E-state index is 0.330. The van der Waals surface area contributed by atoms with Gasteiger partial charge in [0.25, 0.3) is 0 Å². The van der Waals surface area contributed by atoms with Crippen LogP contribution >= 0.6 is 11.5 Å².